The molecule has 146 valence electrons. The second kappa shape index (κ2) is 8.00. The molecule has 0 spiro atoms. The average molecular weight is 388 g/mol. The zero-order valence-corrected chi connectivity index (χ0v) is 17.1. The van der Waals surface area contributed by atoms with Gasteiger partial charge >= 0.3 is 6.03 Å². The van der Waals surface area contributed by atoms with Crippen LogP contribution in [0.2, 0.25) is 0 Å². The number of carbonyl (C=O) groups is 1. The van der Waals surface area contributed by atoms with E-state index in [2.05, 4.69) is 28.2 Å². The number of piperazine rings is 1. The number of aromatic nitrogens is 2. The number of rotatable bonds is 3. The molecule has 0 radical (unpaired) electrons. The average Bonchev–Trinajstić information content (AvgIpc) is 3.11. The molecule has 0 bridgehead atoms. The van der Waals surface area contributed by atoms with Gasteiger partial charge in [-0.15, -0.1) is 11.3 Å². The van der Waals surface area contributed by atoms with E-state index in [4.69, 9.17) is 4.98 Å². The lowest BCUT2D eigenvalue weighted by Gasteiger charge is -2.36. The topological polar surface area (TPSA) is 61.4 Å². The van der Waals surface area contributed by atoms with Crippen LogP contribution in [0.4, 0.5) is 10.6 Å². The molecular formula is C20H29N5OS. The summed E-state index contributed by atoms with van der Waals surface area (Å²) in [5.41, 5.74) is 0. The van der Waals surface area contributed by atoms with Crippen LogP contribution in [0.3, 0.4) is 0 Å². The molecule has 27 heavy (non-hydrogen) atoms. The third-order valence-corrected chi connectivity index (χ3v) is 6.86. The fraction of sp³-hybridized carbons (Fsp3) is 0.650. The Bertz CT molecular complexity index is 806. The second-order valence-electron chi connectivity index (χ2n) is 7.64. The van der Waals surface area contributed by atoms with Crippen LogP contribution in [0.1, 0.15) is 49.7 Å². The summed E-state index contributed by atoms with van der Waals surface area (Å²) in [7, 11) is 0. The summed E-state index contributed by atoms with van der Waals surface area (Å²) in [6.07, 6.45) is 7.06. The third-order valence-electron chi connectivity index (χ3n) is 5.68. The van der Waals surface area contributed by atoms with E-state index in [0.29, 0.717) is 6.04 Å². The van der Waals surface area contributed by atoms with Crippen molar-refractivity contribution in [3.63, 3.8) is 0 Å². The Morgan fingerprint density at radius 1 is 1.19 bits per heavy atom. The predicted molar refractivity (Wildman–Crippen MR) is 111 cm³/mol. The Morgan fingerprint density at radius 2 is 1.93 bits per heavy atom. The monoisotopic (exact) mass is 387 g/mol. The largest absolute Gasteiger partial charge is 0.352 e. The highest BCUT2D eigenvalue weighted by Crippen LogP contribution is 2.31. The van der Waals surface area contributed by atoms with Crippen molar-refractivity contribution in [2.45, 2.75) is 58.4 Å². The lowest BCUT2D eigenvalue weighted by atomic mass is 9.96. The number of urea groups is 1. The first-order valence-corrected chi connectivity index (χ1v) is 11.0. The Hall–Kier alpha value is -1.89. The number of hydrogen-bond acceptors (Lipinski definition) is 5. The Morgan fingerprint density at radius 3 is 2.63 bits per heavy atom. The molecule has 3 heterocycles. The number of nitrogens with zero attached hydrogens (tertiary/aromatic N) is 4. The quantitative estimate of drug-likeness (QED) is 0.872. The van der Waals surface area contributed by atoms with Crippen LogP contribution in [0.5, 0.6) is 0 Å². The molecule has 6 nitrogen and oxygen atoms in total. The number of fused-ring (bicyclic) bond motifs is 1. The summed E-state index contributed by atoms with van der Waals surface area (Å²) in [6.45, 7) is 7.26. The van der Waals surface area contributed by atoms with Gasteiger partial charge in [-0.05, 0) is 32.3 Å². The van der Waals surface area contributed by atoms with Gasteiger partial charge in [0.05, 0.1) is 5.39 Å². The van der Waals surface area contributed by atoms with Crippen molar-refractivity contribution in [3.8, 4) is 0 Å². The predicted octanol–water partition coefficient (Wildman–Crippen LogP) is 3.73. The van der Waals surface area contributed by atoms with E-state index in [9.17, 15) is 4.79 Å². The second-order valence-corrected chi connectivity index (χ2v) is 8.75. The molecule has 2 aromatic rings. The third kappa shape index (κ3) is 4.03. The van der Waals surface area contributed by atoms with Crippen molar-refractivity contribution < 1.29 is 4.79 Å². The van der Waals surface area contributed by atoms with E-state index >= 15 is 0 Å². The van der Waals surface area contributed by atoms with Crippen LogP contribution in [0.25, 0.3) is 10.2 Å². The molecule has 7 heteroatoms. The van der Waals surface area contributed by atoms with Gasteiger partial charge in [0.25, 0.3) is 0 Å². The smallest absolute Gasteiger partial charge is 0.317 e. The van der Waals surface area contributed by atoms with Crippen molar-refractivity contribution in [1.29, 1.82) is 0 Å². The molecule has 2 fully saturated rings. The summed E-state index contributed by atoms with van der Waals surface area (Å²) >= 11 is 1.76. The highest BCUT2D eigenvalue weighted by atomic mass is 32.1. The van der Waals surface area contributed by atoms with Crippen molar-refractivity contribution in [1.82, 2.24) is 20.2 Å². The molecule has 2 aliphatic rings. The van der Waals surface area contributed by atoms with Crippen LogP contribution >= 0.6 is 11.3 Å². The molecule has 1 N–H and O–H groups in total. The van der Waals surface area contributed by atoms with Crippen LogP contribution in [-0.4, -0.2) is 53.1 Å². The number of anilines is 1. The molecule has 1 aliphatic heterocycles. The van der Waals surface area contributed by atoms with E-state index in [0.717, 1.165) is 67.3 Å². The zero-order valence-electron chi connectivity index (χ0n) is 16.3. The maximum Gasteiger partial charge on any atom is 0.317 e. The lowest BCUT2D eigenvalue weighted by molar-refractivity contribution is 0.186. The Labute approximate surface area is 165 Å². The maximum atomic E-state index is 12.6. The summed E-state index contributed by atoms with van der Waals surface area (Å²) in [6, 6.07) is 2.71. The molecule has 1 aliphatic carbocycles. The molecule has 2 aromatic heterocycles. The normalized spacial score (nSPS) is 18.9. The molecule has 0 atom stereocenters. The van der Waals surface area contributed by atoms with Crippen molar-refractivity contribution in [3.05, 3.63) is 16.8 Å². The van der Waals surface area contributed by atoms with Gasteiger partial charge < -0.3 is 15.1 Å². The van der Waals surface area contributed by atoms with E-state index in [1.54, 1.807) is 11.3 Å². The fourth-order valence-corrected chi connectivity index (χ4v) is 5.12. The van der Waals surface area contributed by atoms with Gasteiger partial charge in [0.15, 0.2) is 0 Å². The summed E-state index contributed by atoms with van der Waals surface area (Å²) in [5.74, 6) is 1.85. The summed E-state index contributed by atoms with van der Waals surface area (Å²) in [5, 5.41) is 4.39. The highest BCUT2D eigenvalue weighted by molar-refractivity contribution is 7.18. The lowest BCUT2D eigenvalue weighted by Crippen LogP contribution is -2.54. The Kier molecular flexibility index (Phi) is 5.48. The molecular weight excluding hydrogens is 358 g/mol. The van der Waals surface area contributed by atoms with Gasteiger partial charge in [-0.3, -0.25) is 0 Å². The minimum Gasteiger partial charge on any atom is -0.352 e. The van der Waals surface area contributed by atoms with E-state index in [1.807, 2.05) is 11.8 Å². The molecule has 1 saturated carbocycles. The van der Waals surface area contributed by atoms with Gasteiger partial charge in [0, 0.05) is 37.1 Å². The molecule has 4 rings (SSSR count). The molecule has 1 saturated heterocycles. The standard InChI is InChI=1S/C20H29N5OS/c1-3-16-13-17-18(21-14(2)22-19(17)27-16)24-9-11-25(12-10-24)20(26)23-15-7-5-4-6-8-15/h13,15H,3-12H2,1-2H3,(H,23,26). The number of thiophene rings is 1. The first-order chi connectivity index (χ1) is 13.1. The highest BCUT2D eigenvalue weighted by Gasteiger charge is 2.25. The number of amides is 2. The van der Waals surface area contributed by atoms with E-state index in [1.165, 1.54) is 24.1 Å². The van der Waals surface area contributed by atoms with Crippen LogP contribution < -0.4 is 10.2 Å². The minimum atomic E-state index is 0.106. The van der Waals surface area contributed by atoms with Crippen molar-refractivity contribution in [2.75, 3.05) is 31.1 Å². The maximum absolute atomic E-state index is 12.6. The number of aryl methyl sites for hydroxylation is 2. The van der Waals surface area contributed by atoms with Gasteiger partial charge in [-0.1, -0.05) is 26.2 Å². The number of nitrogens with one attached hydrogen (secondary N) is 1. The molecule has 0 unspecified atom stereocenters. The summed E-state index contributed by atoms with van der Waals surface area (Å²) in [4.78, 5) is 28.6. The number of hydrogen-bond donors (Lipinski definition) is 1. The van der Waals surface area contributed by atoms with E-state index < -0.39 is 0 Å². The van der Waals surface area contributed by atoms with Crippen molar-refractivity contribution in [2.24, 2.45) is 0 Å². The van der Waals surface area contributed by atoms with Gasteiger partial charge in [0.1, 0.15) is 16.5 Å². The van der Waals surface area contributed by atoms with Crippen LogP contribution in [0, 0.1) is 6.92 Å². The zero-order chi connectivity index (χ0) is 18.8. The first kappa shape index (κ1) is 18.5. The van der Waals surface area contributed by atoms with Crippen LogP contribution in [-0.2, 0) is 6.42 Å². The van der Waals surface area contributed by atoms with Gasteiger partial charge in [-0.2, -0.15) is 0 Å². The minimum absolute atomic E-state index is 0.106. The van der Waals surface area contributed by atoms with E-state index in [-0.39, 0.29) is 6.03 Å². The van der Waals surface area contributed by atoms with Gasteiger partial charge in [0.2, 0.25) is 0 Å². The first-order valence-electron chi connectivity index (χ1n) is 10.2. The summed E-state index contributed by atoms with van der Waals surface area (Å²) < 4.78 is 0. The molecule has 0 aromatic carbocycles. The van der Waals surface area contributed by atoms with Crippen LogP contribution in [0.15, 0.2) is 6.07 Å². The fourth-order valence-electron chi connectivity index (χ4n) is 4.11. The SMILES string of the molecule is CCc1cc2c(N3CCN(C(=O)NC4CCCCC4)CC3)nc(C)nc2s1. The van der Waals surface area contributed by atoms with Crippen molar-refractivity contribution >= 4 is 33.4 Å². The Balaban J connectivity index is 1.42. The number of carbonyl (C=O) groups excluding carboxylic acids is 1. The molecule has 2 amide bonds. The van der Waals surface area contributed by atoms with Gasteiger partial charge in [-0.25, -0.2) is 14.8 Å².